The Balaban J connectivity index is 1.46. The molecule has 1 unspecified atom stereocenters. The van der Waals surface area contributed by atoms with E-state index in [4.69, 9.17) is 16.0 Å². The highest BCUT2D eigenvalue weighted by atomic mass is 35.5. The number of benzene rings is 1. The fourth-order valence-electron chi connectivity index (χ4n) is 4.59. The Morgan fingerprint density at radius 3 is 2.73 bits per heavy atom. The van der Waals surface area contributed by atoms with Crippen molar-refractivity contribution < 1.29 is 9.21 Å². The summed E-state index contributed by atoms with van der Waals surface area (Å²) in [6.45, 7) is 4.04. The zero-order valence-electron chi connectivity index (χ0n) is 16.8. The zero-order chi connectivity index (χ0) is 20.5. The Morgan fingerprint density at radius 1 is 1.10 bits per heavy atom. The number of amides is 1. The summed E-state index contributed by atoms with van der Waals surface area (Å²) < 4.78 is 7.35. The summed E-state index contributed by atoms with van der Waals surface area (Å²) >= 11 is 6.20. The maximum Gasteiger partial charge on any atom is 0.274 e. The standard InChI is InChI=1S/C23H25ClN4O2/c24-17-6-3-7-18(14-17)28-21(22-9-5-13-30-22)15-20(25-28)23(29)27-12-4-8-19(27)16-26-10-1-2-11-26/h3,5-7,9,13-15,19H,1-2,4,8,10-12,16H2. The number of hydrogen-bond acceptors (Lipinski definition) is 4. The van der Waals surface area contributed by atoms with Crippen molar-refractivity contribution in [3.05, 3.63) is 59.4 Å². The highest BCUT2D eigenvalue weighted by Gasteiger charge is 2.33. The van der Waals surface area contributed by atoms with Crippen LogP contribution in [0.5, 0.6) is 0 Å². The molecule has 156 valence electrons. The van der Waals surface area contributed by atoms with Crippen molar-refractivity contribution in [2.45, 2.75) is 31.7 Å². The van der Waals surface area contributed by atoms with E-state index >= 15 is 0 Å². The molecule has 0 N–H and O–H groups in total. The third-order valence-electron chi connectivity index (χ3n) is 6.06. The summed E-state index contributed by atoms with van der Waals surface area (Å²) in [6.07, 6.45) is 6.25. The molecule has 1 amide bonds. The van der Waals surface area contributed by atoms with E-state index in [2.05, 4.69) is 10.00 Å². The van der Waals surface area contributed by atoms with E-state index in [1.54, 1.807) is 10.9 Å². The van der Waals surface area contributed by atoms with Crippen molar-refractivity contribution in [2.75, 3.05) is 26.2 Å². The van der Waals surface area contributed by atoms with Gasteiger partial charge in [-0.15, -0.1) is 0 Å². The monoisotopic (exact) mass is 424 g/mol. The summed E-state index contributed by atoms with van der Waals surface area (Å²) in [5, 5.41) is 5.30. The number of nitrogens with zero attached hydrogens (tertiary/aromatic N) is 4. The van der Waals surface area contributed by atoms with Crippen LogP contribution in [0.1, 0.15) is 36.2 Å². The van der Waals surface area contributed by atoms with Crippen molar-refractivity contribution in [1.82, 2.24) is 19.6 Å². The molecule has 1 aromatic carbocycles. The quantitative estimate of drug-likeness (QED) is 0.605. The number of likely N-dealkylation sites (tertiary alicyclic amines) is 2. The second kappa shape index (κ2) is 8.28. The van der Waals surface area contributed by atoms with Gasteiger partial charge in [0.25, 0.3) is 5.91 Å². The summed E-state index contributed by atoms with van der Waals surface area (Å²) in [4.78, 5) is 17.9. The SMILES string of the molecule is O=C(c1cc(-c2ccco2)n(-c2cccc(Cl)c2)n1)N1CCCC1CN1CCCC1. The van der Waals surface area contributed by atoms with Gasteiger partial charge in [0.05, 0.1) is 12.0 Å². The first-order valence-electron chi connectivity index (χ1n) is 10.6. The molecule has 6 nitrogen and oxygen atoms in total. The molecule has 2 aromatic heterocycles. The van der Waals surface area contributed by atoms with Gasteiger partial charge in [-0.1, -0.05) is 17.7 Å². The van der Waals surface area contributed by atoms with Crippen molar-refractivity contribution in [3.8, 4) is 17.1 Å². The lowest BCUT2D eigenvalue weighted by Gasteiger charge is -2.28. The summed E-state index contributed by atoms with van der Waals surface area (Å²) in [5.74, 6) is 0.654. The van der Waals surface area contributed by atoms with Gasteiger partial charge in [-0.3, -0.25) is 4.79 Å². The maximum absolute atomic E-state index is 13.4. The van der Waals surface area contributed by atoms with Crippen LogP contribution in [0.25, 0.3) is 17.1 Å². The van der Waals surface area contributed by atoms with E-state index in [9.17, 15) is 4.79 Å². The first kappa shape index (κ1) is 19.4. The van der Waals surface area contributed by atoms with Gasteiger partial charge in [-0.05, 0) is 69.1 Å². The molecular weight excluding hydrogens is 400 g/mol. The number of rotatable bonds is 5. The number of aromatic nitrogens is 2. The minimum absolute atomic E-state index is 0.00900. The summed E-state index contributed by atoms with van der Waals surface area (Å²) in [5.41, 5.74) is 1.97. The Labute approximate surface area is 181 Å². The lowest BCUT2D eigenvalue weighted by molar-refractivity contribution is 0.0702. The molecule has 2 aliphatic heterocycles. The Hall–Kier alpha value is -2.57. The zero-order valence-corrected chi connectivity index (χ0v) is 17.6. The molecule has 4 heterocycles. The van der Waals surface area contributed by atoms with Crippen molar-refractivity contribution in [2.24, 2.45) is 0 Å². The van der Waals surface area contributed by atoms with Gasteiger partial charge in [-0.25, -0.2) is 4.68 Å². The Morgan fingerprint density at radius 2 is 1.97 bits per heavy atom. The predicted molar refractivity (Wildman–Crippen MR) is 116 cm³/mol. The molecule has 3 aromatic rings. The lowest BCUT2D eigenvalue weighted by Crippen LogP contribution is -2.42. The minimum Gasteiger partial charge on any atom is -0.463 e. The smallest absolute Gasteiger partial charge is 0.274 e. The molecule has 0 aliphatic carbocycles. The lowest BCUT2D eigenvalue weighted by atomic mass is 10.2. The Bertz CT molecular complexity index is 1020. The van der Waals surface area contributed by atoms with Crippen LogP contribution < -0.4 is 0 Å². The van der Waals surface area contributed by atoms with Crippen LogP contribution in [0, 0.1) is 0 Å². The van der Waals surface area contributed by atoms with Crippen LogP contribution in [0.3, 0.4) is 0 Å². The molecule has 2 saturated heterocycles. The van der Waals surface area contributed by atoms with Gasteiger partial charge in [0.15, 0.2) is 11.5 Å². The van der Waals surface area contributed by atoms with Gasteiger partial charge < -0.3 is 14.2 Å². The van der Waals surface area contributed by atoms with Crippen molar-refractivity contribution >= 4 is 17.5 Å². The molecule has 0 radical (unpaired) electrons. The third-order valence-corrected chi connectivity index (χ3v) is 6.30. The largest absolute Gasteiger partial charge is 0.463 e. The van der Waals surface area contributed by atoms with Crippen molar-refractivity contribution in [3.63, 3.8) is 0 Å². The molecular formula is C23H25ClN4O2. The average Bonchev–Trinajstić information content (AvgIpc) is 3.54. The van der Waals surface area contributed by atoms with Gasteiger partial charge in [0.2, 0.25) is 0 Å². The third kappa shape index (κ3) is 3.77. The number of halogens is 1. The molecule has 7 heteroatoms. The average molecular weight is 425 g/mol. The van der Waals surface area contributed by atoms with Crippen LogP contribution >= 0.6 is 11.6 Å². The first-order chi connectivity index (χ1) is 14.7. The number of carbonyl (C=O) groups excluding carboxylic acids is 1. The summed E-state index contributed by atoms with van der Waals surface area (Å²) in [7, 11) is 0. The molecule has 0 spiro atoms. The topological polar surface area (TPSA) is 54.5 Å². The fraction of sp³-hybridized carbons (Fsp3) is 0.391. The number of hydrogen-bond donors (Lipinski definition) is 0. The fourth-order valence-corrected chi connectivity index (χ4v) is 4.78. The van der Waals surface area contributed by atoms with Gasteiger partial charge >= 0.3 is 0 Å². The predicted octanol–water partition coefficient (Wildman–Crippen LogP) is 4.49. The van der Waals surface area contributed by atoms with E-state index in [0.29, 0.717) is 16.5 Å². The van der Waals surface area contributed by atoms with Crippen LogP contribution in [-0.2, 0) is 0 Å². The molecule has 0 bridgehead atoms. The van der Waals surface area contributed by atoms with Crippen LogP contribution in [-0.4, -0.2) is 57.7 Å². The molecule has 2 fully saturated rings. The van der Waals surface area contributed by atoms with E-state index in [1.807, 2.05) is 47.4 Å². The highest BCUT2D eigenvalue weighted by Crippen LogP contribution is 2.28. The van der Waals surface area contributed by atoms with Gasteiger partial charge in [-0.2, -0.15) is 5.10 Å². The Kier molecular flexibility index (Phi) is 5.35. The first-order valence-corrected chi connectivity index (χ1v) is 11.0. The van der Waals surface area contributed by atoms with E-state index in [0.717, 1.165) is 50.4 Å². The number of furan rings is 1. The van der Waals surface area contributed by atoms with E-state index in [1.165, 1.54) is 12.8 Å². The molecule has 2 aliphatic rings. The highest BCUT2D eigenvalue weighted by molar-refractivity contribution is 6.30. The normalized spacial score (nSPS) is 19.6. The van der Waals surface area contributed by atoms with Crippen molar-refractivity contribution in [1.29, 1.82) is 0 Å². The van der Waals surface area contributed by atoms with E-state index < -0.39 is 0 Å². The number of carbonyl (C=O) groups is 1. The minimum atomic E-state index is -0.00900. The maximum atomic E-state index is 13.4. The van der Waals surface area contributed by atoms with Crippen LogP contribution in [0.2, 0.25) is 5.02 Å². The molecule has 30 heavy (non-hydrogen) atoms. The molecule has 0 saturated carbocycles. The van der Waals surface area contributed by atoms with Crippen LogP contribution in [0.4, 0.5) is 0 Å². The van der Waals surface area contributed by atoms with E-state index in [-0.39, 0.29) is 11.9 Å². The second-order valence-corrected chi connectivity index (χ2v) is 8.52. The second-order valence-electron chi connectivity index (χ2n) is 8.09. The van der Waals surface area contributed by atoms with Crippen LogP contribution in [0.15, 0.2) is 53.1 Å². The van der Waals surface area contributed by atoms with Gasteiger partial charge in [0.1, 0.15) is 5.69 Å². The van der Waals surface area contributed by atoms with Gasteiger partial charge in [0, 0.05) is 30.2 Å². The molecule has 5 rings (SSSR count). The summed E-state index contributed by atoms with van der Waals surface area (Å²) in [6, 6.07) is 13.2. The molecule has 1 atom stereocenters.